The predicted molar refractivity (Wildman–Crippen MR) is 60.3 cm³/mol. The van der Waals surface area contributed by atoms with Crippen LogP contribution in [0.15, 0.2) is 0 Å². The van der Waals surface area contributed by atoms with Crippen molar-refractivity contribution < 1.29 is 18.6 Å². The van der Waals surface area contributed by atoms with Gasteiger partial charge in [0.2, 0.25) is 0 Å². The first kappa shape index (κ1) is 13.6. The van der Waals surface area contributed by atoms with E-state index in [1.54, 1.807) is 0 Å². The number of ether oxygens (including phenoxy) is 1. The Bertz CT molecular complexity index is 226. The molecule has 0 spiro atoms. The first-order chi connectivity index (χ1) is 7.77. The van der Waals surface area contributed by atoms with Crippen LogP contribution >= 0.6 is 8.69 Å². The SMILES string of the molecule is COC(=O)C(COP=O)CC1CCCCC1. The smallest absolute Gasteiger partial charge is 0.327 e. The molecular weight excluding hydrogens is 227 g/mol. The molecule has 1 saturated carbocycles. The number of hydrogen-bond acceptors (Lipinski definition) is 4. The Morgan fingerprint density at radius 1 is 1.38 bits per heavy atom. The van der Waals surface area contributed by atoms with Gasteiger partial charge in [0.1, 0.15) is 0 Å². The average Bonchev–Trinajstić information content (AvgIpc) is 2.34. The normalized spacial score (nSPS) is 19.6. The fourth-order valence-electron chi connectivity index (χ4n) is 2.34. The topological polar surface area (TPSA) is 52.6 Å². The molecule has 1 aliphatic rings. The molecule has 0 bridgehead atoms. The molecule has 0 aromatic heterocycles. The van der Waals surface area contributed by atoms with Crippen LogP contribution in [0.25, 0.3) is 0 Å². The molecule has 0 amide bonds. The highest BCUT2D eigenvalue weighted by Crippen LogP contribution is 2.29. The zero-order chi connectivity index (χ0) is 11.8. The van der Waals surface area contributed by atoms with E-state index in [0.29, 0.717) is 5.92 Å². The zero-order valence-electron chi connectivity index (χ0n) is 9.68. The lowest BCUT2D eigenvalue weighted by atomic mass is 9.83. The maximum Gasteiger partial charge on any atom is 0.327 e. The minimum absolute atomic E-state index is 0.189. The van der Waals surface area contributed by atoms with Crippen molar-refractivity contribution in [3.8, 4) is 0 Å². The van der Waals surface area contributed by atoms with Gasteiger partial charge in [-0.2, -0.15) is 0 Å². The van der Waals surface area contributed by atoms with Gasteiger partial charge in [0, 0.05) is 0 Å². The van der Waals surface area contributed by atoms with E-state index in [-0.39, 0.29) is 27.2 Å². The number of carbonyl (C=O) groups excluding carboxylic acids is 1. The van der Waals surface area contributed by atoms with Gasteiger partial charge in [-0.1, -0.05) is 32.1 Å². The first-order valence-corrected chi connectivity index (χ1v) is 6.53. The van der Waals surface area contributed by atoms with Crippen molar-refractivity contribution in [2.45, 2.75) is 38.5 Å². The van der Waals surface area contributed by atoms with Crippen molar-refractivity contribution in [2.24, 2.45) is 11.8 Å². The second-order valence-corrected chi connectivity index (χ2v) is 4.74. The number of carbonyl (C=O) groups is 1. The average molecular weight is 246 g/mol. The highest BCUT2D eigenvalue weighted by atomic mass is 31.1. The van der Waals surface area contributed by atoms with E-state index in [0.717, 1.165) is 6.42 Å². The van der Waals surface area contributed by atoms with Crippen LogP contribution < -0.4 is 0 Å². The molecule has 0 saturated heterocycles. The summed E-state index contributed by atoms with van der Waals surface area (Å²) in [6.45, 7) is 0.189. The third kappa shape index (κ3) is 4.58. The summed E-state index contributed by atoms with van der Waals surface area (Å²) in [4.78, 5) is 11.5. The molecule has 1 fully saturated rings. The van der Waals surface area contributed by atoms with Crippen LogP contribution in [-0.4, -0.2) is 19.7 Å². The molecule has 16 heavy (non-hydrogen) atoms. The lowest BCUT2D eigenvalue weighted by molar-refractivity contribution is -0.147. The maximum absolute atomic E-state index is 11.5. The van der Waals surface area contributed by atoms with E-state index < -0.39 is 0 Å². The van der Waals surface area contributed by atoms with Gasteiger partial charge in [0.15, 0.2) is 0 Å². The van der Waals surface area contributed by atoms with Crippen LogP contribution in [0.4, 0.5) is 0 Å². The minimum atomic E-state index is -0.369. The molecule has 0 heterocycles. The highest BCUT2D eigenvalue weighted by molar-refractivity contribution is 7.17. The monoisotopic (exact) mass is 246 g/mol. The number of esters is 1. The Morgan fingerprint density at radius 2 is 2.06 bits per heavy atom. The van der Waals surface area contributed by atoms with Crippen molar-refractivity contribution >= 4 is 14.7 Å². The van der Waals surface area contributed by atoms with E-state index in [1.165, 1.54) is 39.2 Å². The van der Waals surface area contributed by atoms with Crippen molar-refractivity contribution in [3.63, 3.8) is 0 Å². The summed E-state index contributed by atoms with van der Waals surface area (Å²) in [5, 5.41) is 0. The molecule has 0 aromatic rings. The highest BCUT2D eigenvalue weighted by Gasteiger charge is 2.25. The van der Waals surface area contributed by atoms with Gasteiger partial charge in [-0.15, -0.1) is 0 Å². The molecular formula is C11H19O4P. The standard InChI is InChI=1S/C11H19O4P/c1-14-11(12)10(8-15-16-13)7-9-5-3-2-4-6-9/h9-10H,2-8H2,1H3. The quantitative estimate of drug-likeness (QED) is 0.534. The Morgan fingerprint density at radius 3 is 2.62 bits per heavy atom. The van der Waals surface area contributed by atoms with Crippen molar-refractivity contribution in [1.82, 2.24) is 0 Å². The van der Waals surface area contributed by atoms with Gasteiger partial charge in [-0.25, -0.2) is 4.57 Å². The Hall–Kier alpha value is -0.470. The molecule has 0 aromatic carbocycles. The van der Waals surface area contributed by atoms with Gasteiger partial charge in [-0.3, -0.25) is 9.32 Å². The summed E-state index contributed by atoms with van der Waals surface area (Å²) in [5.41, 5.74) is 0. The minimum Gasteiger partial charge on any atom is -0.469 e. The Kier molecular flexibility index (Phi) is 6.58. The fourth-order valence-corrected chi connectivity index (χ4v) is 2.59. The Labute approximate surface area is 98.0 Å². The van der Waals surface area contributed by atoms with Crippen LogP contribution in [-0.2, 0) is 18.6 Å². The number of rotatable bonds is 6. The van der Waals surface area contributed by atoms with Crippen LogP contribution in [0, 0.1) is 11.8 Å². The molecule has 1 rings (SSSR count). The van der Waals surface area contributed by atoms with Crippen LogP contribution in [0.5, 0.6) is 0 Å². The lowest BCUT2D eigenvalue weighted by Crippen LogP contribution is -2.24. The first-order valence-electron chi connectivity index (χ1n) is 5.80. The maximum atomic E-state index is 11.5. The van der Waals surface area contributed by atoms with Crippen molar-refractivity contribution in [3.05, 3.63) is 0 Å². The van der Waals surface area contributed by atoms with Crippen LogP contribution in [0.3, 0.4) is 0 Å². The summed E-state index contributed by atoms with van der Waals surface area (Å²) in [5.74, 6) is 0.0635. The summed E-state index contributed by atoms with van der Waals surface area (Å²) in [6, 6.07) is 0. The van der Waals surface area contributed by atoms with E-state index >= 15 is 0 Å². The molecule has 1 aliphatic carbocycles. The Balaban J connectivity index is 2.40. The van der Waals surface area contributed by atoms with Gasteiger partial charge in [0.05, 0.1) is 19.6 Å². The molecule has 0 N–H and O–H groups in total. The summed E-state index contributed by atoms with van der Waals surface area (Å²) in [7, 11) is 1.01. The van der Waals surface area contributed by atoms with Gasteiger partial charge < -0.3 is 4.74 Å². The molecule has 92 valence electrons. The van der Waals surface area contributed by atoms with Gasteiger partial charge in [0.25, 0.3) is 0 Å². The van der Waals surface area contributed by atoms with E-state index in [2.05, 4.69) is 0 Å². The van der Waals surface area contributed by atoms with E-state index in [4.69, 9.17) is 9.26 Å². The molecule has 1 atom stereocenters. The van der Waals surface area contributed by atoms with Gasteiger partial charge in [-0.05, 0) is 12.3 Å². The van der Waals surface area contributed by atoms with Crippen molar-refractivity contribution in [2.75, 3.05) is 13.7 Å². The lowest BCUT2D eigenvalue weighted by Gasteiger charge is -2.24. The second-order valence-electron chi connectivity index (χ2n) is 4.33. The molecule has 5 heteroatoms. The summed E-state index contributed by atoms with van der Waals surface area (Å²) < 4.78 is 19.7. The fraction of sp³-hybridized carbons (Fsp3) is 0.909. The van der Waals surface area contributed by atoms with E-state index in [9.17, 15) is 9.36 Å². The van der Waals surface area contributed by atoms with E-state index in [1.807, 2.05) is 0 Å². The third-order valence-electron chi connectivity index (χ3n) is 3.21. The number of hydrogen-bond donors (Lipinski definition) is 0. The predicted octanol–water partition coefficient (Wildman–Crippen LogP) is 2.97. The largest absolute Gasteiger partial charge is 0.469 e. The second kappa shape index (κ2) is 7.75. The number of methoxy groups -OCH3 is 1. The zero-order valence-corrected chi connectivity index (χ0v) is 10.6. The van der Waals surface area contributed by atoms with Gasteiger partial charge >= 0.3 is 14.7 Å². The summed E-state index contributed by atoms with van der Waals surface area (Å²) in [6.07, 6.45) is 6.96. The molecule has 4 nitrogen and oxygen atoms in total. The third-order valence-corrected chi connectivity index (χ3v) is 3.46. The van der Waals surface area contributed by atoms with Crippen molar-refractivity contribution in [1.29, 1.82) is 0 Å². The molecule has 1 unspecified atom stereocenters. The molecule has 0 aliphatic heterocycles. The van der Waals surface area contributed by atoms with Crippen LogP contribution in [0.1, 0.15) is 38.5 Å². The summed E-state index contributed by atoms with van der Waals surface area (Å²) >= 11 is 0. The molecule has 0 radical (unpaired) electrons. The van der Waals surface area contributed by atoms with Crippen LogP contribution in [0.2, 0.25) is 0 Å².